The predicted octanol–water partition coefficient (Wildman–Crippen LogP) is 3.38. The molecular weight excluding hydrogens is 304 g/mol. The van der Waals surface area contributed by atoms with Gasteiger partial charge in [-0.25, -0.2) is 9.78 Å². The molecule has 0 aliphatic heterocycles. The molecule has 3 rings (SSSR count). The zero-order valence-corrected chi connectivity index (χ0v) is 13.8. The standard InChI is InChI=1S/C19H18N2O3/c1-19(2,3)12-8-10-13(11-9-12)21-15-7-5-4-6-14(15)20-16(17(21)22)18(23)24/h4-11H,1-3H3,(H,23,24). The van der Waals surface area contributed by atoms with Crippen LogP contribution >= 0.6 is 0 Å². The molecule has 0 saturated carbocycles. The maximum atomic E-state index is 12.6. The molecule has 1 heterocycles. The van der Waals surface area contributed by atoms with Gasteiger partial charge in [0, 0.05) is 5.69 Å². The van der Waals surface area contributed by atoms with Crippen LogP contribution in [-0.4, -0.2) is 20.6 Å². The summed E-state index contributed by atoms with van der Waals surface area (Å²) < 4.78 is 1.40. The lowest BCUT2D eigenvalue weighted by atomic mass is 9.87. The summed E-state index contributed by atoms with van der Waals surface area (Å²) in [6.45, 7) is 6.33. The van der Waals surface area contributed by atoms with Gasteiger partial charge in [-0.05, 0) is 35.2 Å². The highest BCUT2D eigenvalue weighted by Gasteiger charge is 2.18. The summed E-state index contributed by atoms with van der Waals surface area (Å²) in [6.07, 6.45) is 0. The van der Waals surface area contributed by atoms with Crippen LogP contribution < -0.4 is 5.56 Å². The predicted molar refractivity (Wildman–Crippen MR) is 93.0 cm³/mol. The van der Waals surface area contributed by atoms with Crippen LogP contribution in [0, 0.1) is 0 Å². The maximum Gasteiger partial charge on any atom is 0.360 e. The van der Waals surface area contributed by atoms with Crippen molar-refractivity contribution < 1.29 is 9.90 Å². The number of aromatic carboxylic acids is 1. The number of rotatable bonds is 2. The number of nitrogens with zero attached hydrogens (tertiary/aromatic N) is 2. The van der Waals surface area contributed by atoms with Crippen molar-refractivity contribution in [1.29, 1.82) is 0 Å². The molecule has 1 aromatic heterocycles. The first-order valence-corrected chi connectivity index (χ1v) is 7.65. The Labute approximate surface area is 139 Å². The number of hydrogen-bond acceptors (Lipinski definition) is 3. The molecule has 0 bridgehead atoms. The highest BCUT2D eigenvalue weighted by atomic mass is 16.4. The third kappa shape index (κ3) is 2.69. The van der Waals surface area contributed by atoms with Crippen molar-refractivity contribution in [2.24, 2.45) is 0 Å². The Balaban J connectivity index is 2.31. The fourth-order valence-electron chi connectivity index (χ4n) is 2.64. The molecule has 5 heteroatoms. The largest absolute Gasteiger partial charge is 0.476 e. The number of aromatic nitrogens is 2. The van der Waals surface area contributed by atoms with Gasteiger partial charge in [0.2, 0.25) is 5.69 Å². The van der Waals surface area contributed by atoms with E-state index in [4.69, 9.17) is 0 Å². The van der Waals surface area contributed by atoms with E-state index in [1.165, 1.54) is 4.57 Å². The third-order valence-corrected chi connectivity index (χ3v) is 3.95. The molecule has 24 heavy (non-hydrogen) atoms. The normalized spacial score (nSPS) is 11.6. The quantitative estimate of drug-likeness (QED) is 0.785. The van der Waals surface area contributed by atoms with Crippen molar-refractivity contribution >= 4 is 17.0 Å². The van der Waals surface area contributed by atoms with E-state index < -0.39 is 17.2 Å². The van der Waals surface area contributed by atoms with Gasteiger partial charge in [0.15, 0.2) is 0 Å². The summed E-state index contributed by atoms with van der Waals surface area (Å²) in [5, 5.41) is 9.27. The van der Waals surface area contributed by atoms with Crippen LogP contribution in [0.15, 0.2) is 53.3 Å². The van der Waals surface area contributed by atoms with Gasteiger partial charge in [-0.15, -0.1) is 0 Å². The SMILES string of the molecule is CC(C)(C)c1ccc(-n2c(=O)c(C(=O)O)nc3ccccc32)cc1. The number of fused-ring (bicyclic) bond motifs is 1. The number of carboxylic acids is 1. The number of para-hydroxylation sites is 2. The monoisotopic (exact) mass is 322 g/mol. The molecule has 2 aromatic carbocycles. The van der Waals surface area contributed by atoms with Gasteiger partial charge in [-0.2, -0.15) is 0 Å². The van der Waals surface area contributed by atoms with Crippen molar-refractivity contribution in [3.63, 3.8) is 0 Å². The summed E-state index contributed by atoms with van der Waals surface area (Å²) in [7, 11) is 0. The van der Waals surface area contributed by atoms with Crippen LogP contribution in [0.2, 0.25) is 0 Å². The van der Waals surface area contributed by atoms with Gasteiger partial charge < -0.3 is 5.11 Å². The van der Waals surface area contributed by atoms with Gasteiger partial charge in [0.05, 0.1) is 11.0 Å². The molecule has 0 aliphatic carbocycles. The molecular formula is C19H18N2O3. The molecule has 0 radical (unpaired) electrons. The van der Waals surface area contributed by atoms with Gasteiger partial charge in [0.1, 0.15) is 0 Å². The van der Waals surface area contributed by atoms with Gasteiger partial charge in [0.25, 0.3) is 5.56 Å². The van der Waals surface area contributed by atoms with E-state index in [-0.39, 0.29) is 5.41 Å². The molecule has 0 unspecified atom stereocenters. The number of hydrogen-bond donors (Lipinski definition) is 1. The lowest BCUT2D eigenvalue weighted by Crippen LogP contribution is -2.27. The minimum atomic E-state index is -1.33. The lowest BCUT2D eigenvalue weighted by molar-refractivity contribution is 0.0688. The molecule has 1 N–H and O–H groups in total. The van der Waals surface area contributed by atoms with Crippen LogP contribution in [0.3, 0.4) is 0 Å². The van der Waals surface area contributed by atoms with E-state index in [0.717, 1.165) is 5.56 Å². The maximum absolute atomic E-state index is 12.6. The highest BCUT2D eigenvalue weighted by Crippen LogP contribution is 2.24. The summed E-state index contributed by atoms with van der Waals surface area (Å²) in [5.74, 6) is -1.33. The van der Waals surface area contributed by atoms with Crippen LogP contribution in [0.5, 0.6) is 0 Å². The molecule has 122 valence electrons. The van der Waals surface area contributed by atoms with E-state index in [1.54, 1.807) is 24.3 Å². The van der Waals surface area contributed by atoms with Crippen molar-refractivity contribution in [2.45, 2.75) is 26.2 Å². The Kier molecular flexibility index (Phi) is 3.72. The molecule has 0 fully saturated rings. The van der Waals surface area contributed by atoms with E-state index in [2.05, 4.69) is 25.8 Å². The van der Waals surface area contributed by atoms with Crippen molar-refractivity contribution in [3.8, 4) is 5.69 Å². The first-order valence-electron chi connectivity index (χ1n) is 7.65. The Hall–Kier alpha value is -2.95. The summed E-state index contributed by atoms with van der Waals surface area (Å²) in [4.78, 5) is 28.0. The van der Waals surface area contributed by atoms with Crippen LogP contribution in [0.1, 0.15) is 36.8 Å². The summed E-state index contributed by atoms with van der Waals surface area (Å²) in [5.41, 5.74) is 1.68. The van der Waals surface area contributed by atoms with Crippen molar-refractivity contribution in [1.82, 2.24) is 9.55 Å². The third-order valence-electron chi connectivity index (χ3n) is 3.95. The van der Waals surface area contributed by atoms with E-state index in [1.807, 2.05) is 24.3 Å². The minimum absolute atomic E-state index is 0.00394. The number of benzene rings is 2. The van der Waals surface area contributed by atoms with E-state index in [0.29, 0.717) is 16.7 Å². The summed E-state index contributed by atoms with van der Waals surface area (Å²) in [6, 6.07) is 14.6. The molecule has 0 atom stereocenters. The topological polar surface area (TPSA) is 72.2 Å². The zero-order chi connectivity index (χ0) is 17.5. The van der Waals surface area contributed by atoms with Crippen molar-refractivity contribution in [2.75, 3.05) is 0 Å². The van der Waals surface area contributed by atoms with Crippen LogP contribution in [-0.2, 0) is 5.41 Å². The van der Waals surface area contributed by atoms with Gasteiger partial charge >= 0.3 is 5.97 Å². The number of carboxylic acid groups (broad SMARTS) is 1. The van der Waals surface area contributed by atoms with Crippen molar-refractivity contribution in [3.05, 3.63) is 70.1 Å². The Morgan fingerprint density at radius 1 is 1.04 bits per heavy atom. The number of carbonyl (C=O) groups is 1. The first kappa shape index (κ1) is 15.9. The minimum Gasteiger partial charge on any atom is -0.476 e. The Bertz CT molecular complexity index is 980. The molecule has 0 spiro atoms. The van der Waals surface area contributed by atoms with E-state index >= 15 is 0 Å². The molecule has 5 nitrogen and oxygen atoms in total. The molecule has 0 aliphatic rings. The molecule has 0 saturated heterocycles. The Morgan fingerprint density at radius 2 is 1.67 bits per heavy atom. The summed E-state index contributed by atoms with van der Waals surface area (Å²) >= 11 is 0. The Morgan fingerprint density at radius 3 is 2.25 bits per heavy atom. The van der Waals surface area contributed by atoms with Gasteiger partial charge in [-0.3, -0.25) is 9.36 Å². The zero-order valence-electron chi connectivity index (χ0n) is 13.8. The van der Waals surface area contributed by atoms with Gasteiger partial charge in [-0.1, -0.05) is 45.0 Å². The average molecular weight is 322 g/mol. The average Bonchev–Trinajstić information content (AvgIpc) is 2.53. The highest BCUT2D eigenvalue weighted by molar-refractivity contribution is 5.88. The lowest BCUT2D eigenvalue weighted by Gasteiger charge is -2.19. The van der Waals surface area contributed by atoms with Crippen LogP contribution in [0.4, 0.5) is 0 Å². The van der Waals surface area contributed by atoms with Crippen LogP contribution in [0.25, 0.3) is 16.7 Å². The molecule has 3 aromatic rings. The fourth-order valence-corrected chi connectivity index (χ4v) is 2.64. The second-order valence-electron chi connectivity index (χ2n) is 6.69. The van der Waals surface area contributed by atoms with E-state index in [9.17, 15) is 14.7 Å². The second kappa shape index (κ2) is 5.60. The fraction of sp³-hybridized carbons (Fsp3) is 0.211. The first-order chi connectivity index (χ1) is 11.3. The smallest absolute Gasteiger partial charge is 0.360 e. The molecule has 0 amide bonds. The second-order valence-corrected chi connectivity index (χ2v) is 6.69.